The van der Waals surface area contributed by atoms with Crippen LogP contribution in [-0.2, 0) is 6.42 Å². The lowest BCUT2D eigenvalue weighted by Gasteiger charge is -2.57. The van der Waals surface area contributed by atoms with Crippen LogP contribution in [0.5, 0.6) is 5.75 Å². The third-order valence-electron chi connectivity index (χ3n) is 8.33. The topological polar surface area (TPSA) is 33.3 Å². The van der Waals surface area contributed by atoms with E-state index in [1.807, 2.05) is 0 Å². The summed E-state index contributed by atoms with van der Waals surface area (Å²) in [4.78, 5) is 0. The Balaban J connectivity index is 1.24. The fourth-order valence-corrected chi connectivity index (χ4v) is 7.54. The van der Waals surface area contributed by atoms with Crippen molar-refractivity contribution in [3.8, 4) is 5.75 Å². The zero-order chi connectivity index (χ0) is 20.3. The summed E-state index contributed by atoms with van der Waals surface area (Å²) >= 11 is 0. The Labute approximate surface area is 180 Å². The van der Waals surface area contributed by atoms with Crippen molar-refractivity contribution in [2.45, 2.75) is 69.5 Å². The summed E-state index contributed by atoms with van der Waals surface area (Å²) in [6.07, 6.45) is 9.70. The first kappa shape index (κ1) is 18.7. The maximum atomic E-state index is 5.46. The fourth-order valence-electron chi connectivity index (χ4n) is 7.54. The molecule has 5 aliphatic rings. The average Bonchev–Trinajstić information content (AvgIpc) is 2.72. The van der Waals surface area contributed by atoms with Crippen LogP contribution < -0.4 is 15.4 Å². The van der Waals surface area contributed by atoms with Crippen molar-refractivity contribution in [1.29, 1.82) is 0 Å². The number of rotatable bonds is 4. The maximum Gasteiger partial charge on any atom is 0.119 e. The Morgan fingerprint density at radius 3 is 2.23 bits per heavy atom. The predicted octanol–water partition coefficient (Wildman–Crippen LogP) is 5.70. The number of fused-ring (bicyclic) bond motifs is 1. The molecular formula is C27H34N2O. The third kappa shape index (κ3) is 3.22. The largest absolute Gasteiger partial charge is 0.497 e. The molecule has 0 saturated heterocycles. The van der Waals surface area contributed by atoms with E-state index in [0.717, 1.165) is 29.9 Å². The number of hydrogen-bond acceptors (Lipinski definition) is 3. The summed E-state index contributed by atoms with van der Waals surface area (Å²) in [6.45, 7) is 2.28. The second-order valence-electron chi connectivity index (χ2n) is 10.7. The van der Waals surface area contributed by atoms with Gasteiger partial charge < -0.3 is 15.4 Å². The summed E-state index contributed by atoms with van der Waals surface area (Å²) in [5.41, 5.74) is 5.82. The van der Waals surface area contributed by atoms with Gasteiger partial charge in [-0.2, -0.15) is 0 Å². The van der Waals surface area contributed by atoms with Crippen LogP contribution in [0.2, 0.25) is 0 Å². The molecule has 3 nitrogen and oxygen atoms in total. The molecule has 2 N–H and O–H groups in total. The van der Waals surface area contributed by atoms with E-state index in [9.17, 15) is 0 Å². The lowest BCUT2D eigenvalue weighted by Crippen LogP contribution is -2.54. The number of nitrogens with one attached hydrogen (secondary N) is 2. The molecule has 1 heterocycles. The Bertz CT molecular complexity index is 899. The SMILES string of the molecule is COc1ccc2c(c1)C[C@H](C)N[C@@H]2c1ccc(NC23CC4CC(CC(C4)C2)C3)cc1. The number of ether oxygens (including phenoxy) is 1. The van der Waals surface area contributed by atoms with Crippen LogP contribution in [0.15, 0.2) is 42.5 Å². The van der Waals surface area contributed by atoms with Gasteiger partial charge in [0.2, 0.25) is 0 Å². The highest BCUT2D eigenvalue weighted by Crippen LogP contribution is 2.56. The van der Waals surface area contributed by atoms with E-state index in [2.05, 4.69) is 60.0 Å². The summed E-state index contributed by atoms with van der Waals surface area (Å²) < 4.78 is 5.46. The second-order valence-corrected chi connectivity index (χ2v) is 10.7. The summed E-state index contributed by atoms with van der Waals surface area (Å²) in [6, 6.07) is 16.5. The number of anilines is 1. The van der Waals surface area contributed by atoms with Gasteiger partial charge in [-0.25, -0.2) is 0 Å². The molecule has 4 aliphatic carbocycles. The zero-order valence-electron chi connectivity index (χ0n) is 18.3. The molecule has 0 spiro atoms. The smallest absolute Gasteiger partial charge is 0.119 e. The molecule has 0 amide bonds. The number of hydrogen-bond donors (Lipinski definition) is 2. The minimum Gasteiger partial charge on any atom is -0.497 e. The molecule has 2 aromatic rings. The quantitative estimate of drug-likeness (QED) is 0.688. The minimum atomic E-state index is 0.253. The molecule has 4 saturated carbocycles. The molecule has 30 heavy (non-hydrogen) atoms. The van der Waals surface area contributed by atoms with E-state index < -0.39 is 0 Å². The van der Waals surface area contributed by atoms with Crippen molar-refractivity contribution < 1.29 is 4.74 Å². The highest BCUT2D eigenvalue weighted by molar-refractivity contribution is 5.51. The van der Waals surface area contributed by atoms with Crippen LogP contribution in [-0.4, -0.2) is 18.7 Å². The Morgan fingerprint density at radius 1 is 0.933 bits per heavy atom. The first-order valence-electron chi connectivity index (χ1n) is 11.9. The highest BCUT2D eigenvalue weighted by Gasteiger charge is 2.50. The fraction of sp³-hybridized carbons (Fsp3) is 0.556. The monoisotopic (exact) mass is 402 g/mol. The lowest BCUT2D eigenvalue weighted by atomic mass is 9.53. The molecule has 4 bridgehead atoms. The Hall–Kier alpha value is -2.00. The summed E-state index contributed by atoms with van der Waals surface area (Å²) in [5.74, 6) is 3.88. The molecular weight excluding hydrogens is 368 g/mol. The van der Waals surface area contributed by atoms with Crippen molar-refractivity contribution in [3.63, 3.8) is 0 Å². The van der Waals surface area contributed by atoms with Crippen LogP contribution in [0.4, 0.5) is 5.69 Å². The maximum absolute atomic E-state index is 5.46. The number of benzene rings is 2. The van der Waals surface area contributed by atoms with E-state index in [1.54, 1.807) is 7.11 Å². The second kappa shape index (κ2) is 7.02. The summed E-state index contributed by atoms with van der Waals surface area (Å²) in [7, 11) is 1.75. The van der Waals surface area contributed by atoms with E-state index in [1.165, 1.54) is 60.9 Å². The normalized spacial score (nSPS) is 36.4. The molecule has 2 atom stereocenters. The van der Waals surface area contributed by atoms with Crippen molar-refractivity contribution in [1.82, 2.24) is 5.32 Å². The lowest BCUT2D eigenvalue weighted by molar-refractivity contribution is 0.0107. The van der Waals surface area contributed by atoms with Gasteiger partial charge in [0.05, 0.1) is 13.2 Å². The van der Waals surface area contributed by atoms with Crippen molar-refractivity contribution in [3.05, 3.63) is 59.2 Å². The molecule has 0 aromatic heterocycles. The van der Waals surface area contributed by atoms with Crippen LogP contribution in [0.1, 0.15) is 68.2 Å². The first-order chi connectivity index (χ1) is 14.6. The van der Waals surface area contributed by atoms with Gasteiger partial charge in [-0.3, -0.25) is 0 Å². The van der Waals surface area contributed by atoms with Crippen molar-refractivity contribution in [2.24, 2.45) is 17.8 Å². The van der Waals surface area contributed by atoms with Gasteiger partial charge in [0.25, 0.3) is 0 Å². The van der Waals surface area contributed by atoms with Crippen LogP contribution in [0.3, 0.4) is 0 Å². The van der Waals surface area contributed by atoms with E-state index in [0.29, 0.717) is 11.6 Å². The standard InChI is InChI=1S/C27H34N2O/c1-17-9-22-13-24(30-2)7-8-25(22)26(28-17)21-3-5-23(6-4-21)29-27-14-18-10-19(15-27)12-20(11-18)16-27/h3-8,13,17-20,26,28-29H,9-12,14-16H2,1-2H3/t17-,18?,19?,20?,26+,27?/m0/s1. The molecule has 4 fully saturated rings. The highest BCUT2D eigenvalue weighted by atomic mass is 16.5. The van der Waals surface area contributed by atoms with Crippen molar-refractivity contribution in [2.75, 3.05) is 12.4 Å². The molecule has 158 valence electrons. The van der Waals surface area contributed by atoms with Crippen LogP contribution in [0.25, 0.3) is 0 Å². The van der Waals surface area contributed by atoms with E-state index >= 15 is 0 Å². The predicted molar refractivity (Wildman–Crippen MR) is 122 cm³/mol. The zero-order valence-corrected chi connectivity index (χ0v) is 18.3. The molecule has 3 heteroatoms. The Morgan fingerprint density at radius 2 is 1.60 bits per heavy atom. The molecule has 7 rings (SSSR count). The first-order valence-corrected chi connectivity index (χ1v) is 11.9. The average molecular weight is 403 g/mol. The van der Waals surface area contributed by atoms with Gasteiger partial charge in [-0.15, -0.1) is 0 Å². The summed E-state index contributed by atoms with van der Waals surface area (Å²) in [5, 5.41) is 7.83. The van der Waals surface area contributed by atoms with Gasteiger partial charge in [0, 0.05) is 17.3 Å². The van der Waals surface area contributed by atoms with Crippen LogP contribution in [0, 0.1) is 17.8 Å². The van der Waals surface area contributed by atoms with Crippen molar-refractivity contribution >= 4 is 5.69 Å². The van der Waals surface area contributed by atoms with Gasteiger partial charge in [0.1, 0.15) is 5.75 Å². The van der Waals surface area contributed by atoms with Crippen LogP contribution >= 0.6 is 0 Å². The Kier molecular flexibility index (Phi) is 4.38. The van der Waals surface area contributed by atoms with E-state index in [-0.39, 0.29) is 6.04 Å². The van der Waals surface area contributed by atoms with E-state index in [4.69, 9.17) is 4.74 Å². The molecule has 1 aliphatic heterocycles. The molecule has 2 aromatic carbocycles. The minimum absolute atomic E-state index is 0.253. The van der Waals surface area contributed by atoms with Gasteiger partial charge in [-0.1, -0.05) is 18.2 Å². The van der Waals surface area contributed by atoms with Gasteiger partial charge >= 0.3 is 0 Å². The van der Waals surface area contributed by atoms with Gasteiger partial charge in [-0.05, 0) is 111 Å². The third-order valence-corrected chi connectivity index (χ3v) is 8.33. The molecule has 0 radical (unpaired) electrons. The molecule has 0 unspecified atom stereocenters. The van der Waals surface area contributed by atoms with Gasteiger partial charge in [0.15, 0.2) is 0 Å². The number of methoxy groups -OCH3 is 1.